The Bertz CT molecular complexity index is 499. The van der Waals surface area contributed by atoms with E-state index in [0.29, 0.717) is 24.8 Å². The Morgan fingerprint density at radius 1 is 1.15 bits per heavy atom. The standard InChI is InChI=1S/C20H36N2O4S/c1-15(18(24)26-20(3,4)5)21-19(25)22(13-14-27-16(2)23)12-11-17-9-7-6-8-10-17/h15,17H,6-14H2,1-5H3,(H,21,25)/t15-/m0/s1. The van der Waals surface area contributed by atoms with Crippen LogP contribution in [0.25, 0.3) is 0 Å². The van der Waals surface area contributed by atoms with Crippen LogP contribution in [0.3, 0.4) is 0 Å². The monoisotopic (exact) mass is 400 g/mol. The minimum atomic E-state index is -0.714. The summed E-state index contributed by atoms with van der Waals surface area (Å²) < 4.78 is 5.33. The molecule has 7 heteroatoms. The average molecular weight is 401 g/mol. The highest BCUT2D eigenvalue weighted by Gasteiger charge is 2.25. The molecule has 0 saturated heterocycles. The number of nitrogens with one attached hydrogen (secondary N) is 1. The third-order valence-electron chi connectivity index (χ3n) is 4.59. The molecule has 0 heterocycles. The summed E-state index contributed by atoms with van der Waals surface area (Å²) in [7, 11) is 0. The highest BCUT2D eigenvalue weighted by molar-refractivity contribution is 8.13. The van der Waals surface area contributed by atoms with Gasteiger partial charge in [-0.2, -0.15) is 0 Å². The second-order valence-corrected chi connectivity index (χ2v) is 9.60. The van der Waals surface area contributed by atoms with E-state index in [1.54, 1.807) is 32.6 Å². The number of carbonyl (C=O) groups excluding carboxylic acids is 3. The molecular weight excluding hydrogens is 364 g/mol. The van der Waals surface area contributed by atoms with E-state index in [9.17, 15) is 14.4 Å². The maximum atomic E-state index is 12.7. The zero-order valence-electron chi connectivity index (χ0n) is 17.5. The quantitative estimate of drug-likeness (QED) is 0.624. The van der Waals surface area contributed by atoms with Crippen molar-refractivity contribution in [3.8, 4) is 0 Å². The first-order chi connectivity index (χ1) is 12.6. The summed E-state index contributed by atoms with van der Waals surface area (Å²) in [5.41, 5.74) is -0.588. The third kappa shape index (κ3) is 10.6. The van der Waals surface area contributed by atoms with Gasteiger partial charge in [-0.15, -0.1) is 0 Å². The number of carbonyl (C=O) groups is 3. The molecular formula is C20H36N2O4S. The van der Waals surface area contributed by atoms with Gasteiger partial charge in [0.05, 0.1) is 0 Å². The number of nitrogens with zero attached hydrogens (tertiary/aromatic N) is 1. The maximum absolute atomic E-state index is 12.7. The van der Waals surface area contributed by atoms with Gasteiger partial charge in [0.15, 0.2) is 5.12 Å². The van der Waals surface area contributed by atoms with E-state index >= 15 is 0 Å². The summed E-state index contributed by atoms with van der Waals surface area (Å²) in [5, 5.41) is 2.79. The molecule has 0 aromatic rings. The molecule has 1 fully saturated rings. The number of ether oxygens (including phenoxy) is 1. The van der Waals surface area contributed by atoms with Crippen LogP contribution >= 0.6 is 11.8 Å². The van der Waals surface area contributed by atoms with Crippen LogP contribution in [-0.2, 0) is 14.3 Å². The Morgan fingerprint density at radius 2 is 1.78 bits per heavy atom. The Balaban J connectivity index is 2.58. The first-order valence-electron chi connectivity index (χ1n) is 10.00. The summed E-state index contributed by atoms with van der Waals surface area (Å²) >= 11 is 1.22. The second kappa shape index (κ2) is 11.6. The van der Waals surface area contributed by atoms with E-state index < -0.39 is 17.6 Å². The summed E-state index contributed by atoms with van der Waals surface area (Å²) in [6.07, 6.45) is 7.28. The second-order valence-electron chi connectivity index (χ2n) is 8.32. The molecule has 0 aromatic heterocycles. The van der Waals surface area contributed by atoms with Crippen LogP contribution in [0, 0.1) is 5.92 Å². The summed E-state index contributed by atoms with van der Waals surface area (Å²) in [6.45, 7) is 9.70. The first kappa shape index (κ1) is 23.8. The van der Waals surface area contributed by atoms with Gasteiger partial charge < -0.3 is 15.0 Å². The van der Waals surface area contributed by atoms with Crippen molar-refractivity contribution in [3.63, 3.8) is 0 Å². The van der Waals surface area contributed by atoms with Gasteiger partial charge >= 0.3 is 12.0 Å². The smallest absolute Gasteiger partial charge is 0.328 e. The number of hydrogen-bond acceptors (Lipinski definition) is 5. The molecule has 0 aromatic carbocycles. The molecule has 1 aliphatic carbocycles. The minimum Gasteiger partial charge on any atom is -0.458 e. The first-order valence-corrected chi connectivity index (χ1v) is 11.0. The fourth-order valence-corrected chi connectivity index (χ4v) is 3.75. The van der Waals surface area contributed by atoms with Gasteiger partial charge in [-0.3, -0.25) is 4.79 Å². The topological polar surface area (TPSA) is 75.7 Å². The van der Waals surface area contributed by atoms with Crippen LogP contribution in [0.1, 0.15) is 73.1 Å². The molecule has 6 nitrogen and oxygen atoms in total. The van der Waals surface area contributed by atoms with Crippen LogP contribution in [0.5, 0.6) is 0 Å². The molecule has 0 aliphatic heterocycles. The molecule has 1 rings (SSSR count). The molecule has 0 bridgehead atoms. The molecule has 2 amide bonds. The third-order valence-corrected chi connectivity index (χ3v) is 5.38. The summed E-state index contributed by atoms with van der Waals surface area (Å²) in [5.74, 6) is 0.785. The lowest BCUT2D eigenvalue weighted by molar-refractivity contribution is -0.156. The van der Waals surface area contributed by atoms with Crippen LogP contribution in [0.15, 0.2) is 0 Å². The van der Waals surface area contributed by atoms with Crippen molar-refractivity contribution >= 4 is 28.9 Å². The van der Waals surface area contributed by atoms with Crippen LogP contribution in [-0.4, -0.2) is 52.5 Å². The zero-order valence-corrected chi connectivity index (χ0v) is 18.3. The van der Waals surface area contributed by atoms with Crippen LogP contribution < -0.4 is 5.32 Å². The lowest BCUT2D eigenvalue weighted by atomic mass is 9.87. The number of esters is 1. The maximum Gasteiger partial charge on any atom is 0.328 e. The number of rotatable bonds is 8. The van der Waals surface area contributed by atoms with Crippen molar-refractivity contribution in [2.45, 2.75) is 84.8 Å². The Labute approximate surface area is 168 Å². The molecule has 1 saturated carbocycles. The fourth-order valence-electron chi connectivity index (χ4n) is 3.15. The van der Waals surface area contributed by atoms with Crippen molar-refractivity contribution in [3.05, 3.63) is 0 Å². The van der Waals surface area contributed by atoms with Gasteiger partial charge in [0.1, 0.15) is 11.6 Å². The zero-order chi connectivity index (χ0) is 20.4. The van der Waals surface area contributed by atoms with Crippen molar-refractivity contribution in [2.75, 3.05) is 18.8 Å². The van der Waals surface area contributed by atoms with Crippen molar-refractivity contribution in [2.24, 2.45) is 5.92 Å². The van der Waals surface area contributed by atoms with Gasteiger partial charge in [-0.25, -0.2) is 9.59 Å². The summed E-state index contributed by atoms with van der Waals surface area (Å²) in [4.78, 5) is 37.7. The largest absolute Gasteiger partial charge is 0.458 e. The molecule has 1 aliphatic rings. The highest BCUT2D eigenvalue weighted by Crippen LogP contribution is 2.26. The van der Waals surface area contributed by atoms with E-state index in [4.69, 9.17) is 4.74 Å². The number of thioether (sulfide) groups is 1. The predicted molar refractivity (Wildman–Crippen MR) is 110 cm³/mol. The normalized spacial score (nSPS) is 16.5. The van der Waals surface area contributed by atoms with Gasteiger partial charge in [-0.05, 0) is 40.0 Å². The number of amides is 2. The van der Waals surface area contributed by atoms with E-state index in [0.717, 1.165) is 6.42 Å². The molecule has 0 radical (unpaired) electrons. The lowest BCUT2D eigenvalue weighted by Crippen LogP contribution is -2.49. The van der Waals surface area contributed by atoms with Gasteiger partial charge in [-0.1, -0.05) is 43.9 Å². The van der Waals surface area contributed by atoms with E-state index in [1.165, 1.54) is 50.8 Å². The molecule has 0 spiro atoms. The van der Waals surface area contributed by atoms with Gasteiger partial charge in [0.25, 0.3) is 0 Å². The van der Waals surface area contributed by atoms with Crippen molar-refractivity contribution in [1.82, 2.24) is 10.2 Å². The van der Waals surface area contributed by atoms with Gasteiger partial charge in [0.2, 0.25) is 0 Å². The predicted octanol–water partition coefficient (Wildman–Crippen LogP) is 3.98. The molecule has 1 atom stereocenters. The number of hydrogen-bond donors (Lipinski definition) is 1. The minimum absolute atomic E-state index is 0.0461. The lowest BCUT2D eigenvalue weighted by Gasteiger charge is -2.29. The Morgan fingerprint density at radius 3 is 2.33 bits per heavy atom. The fraction of sp³-hybridized carbons (Fsp3) is 0.850. The van der Waals surface area contributed by atoms with Crippen molar-refractivity contribution < 1.29 is 19.1 Å². The highest BCUT2D eigenvalue weighted by atomic mass is 32.2. The Hall–Kier alpha value is -1.24. The van der Waals surface area contributed by atoms with E-state index in [1.807, 2.05) is 0 Å². The number of urea groups is 1. The average Bonchev–Trinajstić information content (AvgIpc) is 2.56. The van der Waals surface area contributed by atoms with Gasteiger partial charge in [0, 0.05) is 25.8 Å². The van der Waals surface area contributed by atoms with Crippen molar-refractivity contribution in [1.29, 1.82) is 0 Å². The Kier molecular flexibility index (Phi) is 10.2. The molecule has 1 N–H and O–H groups in total. The van der Waals surface area contributed by atoms with Crippen LogP contribution in [0.4, 0.5) is 4.79 Å². The van der Waals surface area contributed by atoms with E-state index in [-0.39, 0.29) is 11.1 Å². The van der Waals surface area contributed by atoms with E-state index in [2.05, 4.69) is 5.32 Å². The van der Waals surface area contributed by atoms with Crippen LogP contribution in [0.2, 0.25) is 0 Å². The molecule has 0 unspecified atom stereocenters. The molecule has 27 heavy (non-hydrogen) atoms. The SMILES string of the molecule is CC(=O)SCCN(CCC1CCCCC1)C(=O)N[C@@H](C)C(=O)OC(C)(C)C. The molecule has 156 valence electrons. The summed E-state index contributed by atoms with van der Waals surface area (Å²) in [6, 6.07) is -0.984.